The van der Waals surface area contributed by atoms with E-state index in [2.05, 4.69) is 10.4 Å². The monoisotopic (exact) mass is 339 g/mol. The van der Waals surface area contributed by atoms with Gasteiger partial charge < -0.3 is 5.32 Å². The van der Waals surface area contributed by atoms with Crippen LogP contribution < -0.4 is 5.32 Å². The largest absolute Gasteiger partial charge is 0.311 e. The Morgan fingerprint density at radius 3 is 2.48 bits per heavy atom. The number of sulfone groups is 1. The zero-order chi connectivity index (χ0) is 16.3. The third kappa shape index (κ3) is 4.13. The molecule has 128 valence electrons. The Hall–Kier alpha value is -1.37. The van der Waals surface area contributed by atoms with Gasteiger partial charge in [0.2, 0.25) is 5.91 Å². The number of nitrogens with zero attached hydrogens (tertiary/aromatic N) is 2. The molecule has 1 saturated carbocycles. The van der Waals surface area contributed by atoms with Gasteiger partial charge in [0, 0.05) is 12.0 Å². The summed E-state index contributed by atoms with van der Waals surface area (Å²) >= 11 is 0. The fourth-order valence-electron chi connectivity index (χ4n) is 3.62. The topological polar surface area (TPSA) is 81.1 Å². The van der Waals surface area contributed by atoms with Crippen LogP contribution >= 0.6 is 0 Å². The highest BCUT2D eigenvalue weighted by molar-refractivity contribution is 7.91. The first-order chi connectivity index (χ1) is 11.1. The van der Waals surface area contributed by atoms with Gasteiger partial charge in [-0.15, -0.1) is 0 Å². The van der Waals surface area contributed by atoms with Gasteiger partial charge in [0.05, 0.1) is 23.7 Å². The zero-order valence-corrected chi connectivity index (χ0v) is 14.2. The van der Waals surface area contributed by atoms with Crippen LogP contribution in [0.15, 0.2) is 12.3 Å². The predicted octanol–water partition coefficient (Wildman–Crippen LogP) is 2.54. The predicted molar refractivity (Wildman–Crippen MR) is 89.0 cm³/mol. The SMILES string of the molecule is O=C(Nc1ccnn1[C@@H]1CCS(=O)(=O)C1)C1CCCCCCC1. The molecule has 1 aliphatic carbocycles. The van der Waals surface area contributed by atoms with Crippen molar-refractivity contribution >= 4 is 21.6 Å². The third-order valence-electron chi connectivity index (χ3n) is 4.95. The van der Waals surface area contributed by atoms with Crippen LogP contribution in [0.3, 0.4) is 0 Å². The van der Waals surface area contributed by atoms with E-state index in [-0.39, 0.29) is 29.4 Å². The van der Waals surface area contributed by atoms with E-state index in [1.165, 1.54) is 19.3 Å². The minimum absolute atomic E-state index is 0.0505. The van der Waals surface area contributed by atoms with E-state index >= 15 is 0 Å². The van der Waals surface area contributed by atoms with Gasteiger partial charge in [0.1, 0.15) is 5.82 Å². The van der Waals surface area contributed by atoms with Crippen LogP contribution in [0.5, 0.6) is 0 Å². The maximum absolute atomic E-state index is 12.6. The van der Waals surface area contributed by atoms with Crippen molar-refractivity contribution in [3.63, 3.8) is 0 Å². The molecular weight excluding hydrogens is 314 g/mol. The van der Waals surface area contributed by atoms with Crippen LogP contribution in [0, 0.1) is 5.92 Å². The van der Waals surface area contributed by atoms with Crippen molar-refractivity contribution in [2.45, 2.75) is 57.4 Å². The summed E-state index contributed by atoms with van der Waals surface area (Å²) in [7, 11) is -2.97. The van der Waals surface area contributed by atoms with E-state index in [9.17, 15) is 13.2 Å². The molecule has 1 amide bonds. The standard InChI is InChI=1S/C16H25N3O3S/c20-16(13-6-4-2-1-3-5-7-13)18-15-8-10-17-19(15)14-9-11-23(21,22)12-14/h8,10,13-14H,1-7,9,11-12H2,(H,18,20)/t14-/m1/s1. The second-order valence-corrected chi connectivity index (χ2v) is 8.98. The third-order valence-corrected chi connectivity index (χ3v) is 6.70. The number of aromatic nitrogens is 2. The molecule has 1 saturated heterocycles. The number of nitrogens with one attached hydrogen (secondary N) is 1. The van der Waals surface area contributed by atoms with Crippen LogP contribution in [0.25, 0.3) is 0 Å². The molecular formula is C16H25N3O3S. The van der Waals surface area contributed by atoms with Crippen molar-refractivity contribution < 1.29 is 13.2 Å². The average molecular weight is 339 g/mol. The van der Waals surface area contributed by atoms with E-state index in [0.717, 1.165) is 25.7 Å². The lowest BCUT2D eigenvalue weighted by molar-refractivity contribution is -0.120. The van der Waals surface area contributed by atoms with E-state index in [1.54, 1.807) is 16.9 Å². The molecule has 1 aromatic heterocycles. The summed E-state index contributed by atoms with van der Waals surface area (Å²) in [6, 6.07) is 1.59. The number of carbonyl (C=O) groups excluding carboxylic acids is 1. The van der Waals surface area contributed by atoms with Gasteiger partial charge in [-0.3, -0.25) is 4.79 Å². The van der Waals surface area contributed by atoms with Crippen LogP contribution in [0.4, 0.5) is 5.82 Å². The average Bonchev–Trinajstić information content (AvgIpc) is 3.04. The molecule has 3 rings (SSSR count). The molecule has 2 heterocycles. The Kier molecular flexibility index (Phi) is 5.04. The van der Waals surface area contributed by atoms with Crippen molar-refractivity contribution in [3.8, 4) is 0 Å². The summed E-state index contributed by atoms with van der Waals surface area (Å²) in [4.78, 5) is 12.6. The summed E-state index contributed by atoms with van der Waals surface area (Å²) in [5, 5.41) is 7.21. The first kappa shape index (κ1) is 16.5. The Morgan fingerprint density at radius 1 is 1.13 bits per heavy atom. The molecule has 1 aliphatic heterocycles. The summed E-state index contributed by atoms with van der Waals surface area (Å²) < 4.78 is 25.0. The lowest BCUT2D eigenvalue weighted by atomic mass is 9.90. The minimum Gasteiger partial charge on any atom is -0.311 e. The summed E-state index contributed by atoms with van der Waals surface area (Å²) in [6.07, 6.45) is 9.99. The van der Waals surface area contributed by atoms with E-state index in [0.29, 0.717) is 12.2 Å². The maximum Gasteiger partial charge on any atom is 0.228 e. The maximum atomic E-state index is 12.6. The Balaban J connectivity index is 1.66. The molecule has 0 spiro atoms. The molecule has 2 fully saturated rings. The number of hydrogen-bond acceptors (Lipinski definition) is 4. The second kappa shape index (κ2) is 7.03. The number of carbonyl (C=O) groups is 1. The molecule has 1 aromatic rings. The highest BCUT2D eigenvalue weighted by atomic mass is 32.2. The smallest absolute Gasteiger partial charge is 0.228 e. The van der Waals surface area contributed by atoms with Crippen LogP contribution in [-0.2, 0) is 14.6 Å². The molecule has 1 atom stereocenters. The molecule has 0 bridgehead atoms. The van der Waals surface area contributed by atoms with Crippen LogP contribution in [0.2, 0.25) is 0 Å². The van der Waals surface area contributed by atoms with E-state index < -0.39 is 9.84 Å². The molecule has 23 heavy (non-hydrogen) atoms. The number of anilines is 1. The Morgan fingerprint density at radius 2 is 1.83 bits per heavy atom. The number of amides is 1. The molecule has 1 N–H and O–H groups in total. The Labute approximate surface area is 137 Å². The first-order valence-electron chi connectivity index (χ1n) is 8.60. The zero-order valence-electron chi connectivity index (χ0n) is 13.4. The van der Waals surface area contributed by atoms with Gasteiger partial charge in [-0.2, -0.15) is 5.10 Å². The molecule has 0 aromatic carbocycles. The molecule has 0 unspecified atom stereocenters. The molecule has 0 radical (unpaired) electrons. The van der Waals surface area contributed by atoms with E-state index in [4.69, 9.17) is 0 Å². The highest BCUT2D eigenvalue weighted by Gasteiger charge is 2.31. The highest BCUT2D eigenvalue weighted by Crippen LogP contribution is 2.27. The fraction of sp³-hybridized carbons (Fsp3) is 0.750. The summed E-state index contributed by atoms with van der Waals surface area (Å²) in [6.45, 7) is 0. The van der Waals surface area contributed by atoms with Gasteiger partial charge in [0.15, 0.2) is 9.84 Å². The normalized spacial score (nSPS) is 25.7. The van der Waals surface area contributed by atoms with Gasteiger partial charge in [-0.1, -0.05) is 32.1 Å². The van der Waals surface area contributed by atoms with Gasteiger partial charge in [-0.05, 0) is 19.3 Å². The quantitative estimate of drug-likeness (QED) is 0.917. The minimum atomic E-state index is -2.97. The van der Waals surface area contributed by atoms with Crippen molar-refractivity contribution in [2.75, 3.05) is 16.8 Å². The summed E-state index contributed by atoms with van der Waals surface area (Å²) in [5.74, 6) is 1.05. The van der Waals surface area contributed by atoms with Gasteiger partial charge in [0.25, 0.3) is 0 Å². The van der Waals surface area contributed by atoms with Crippen molar-refractivity contribution in [2.24, 2.45) is 5.92 Å². The second-order valence-electron chi connectivity index (χ2n) is 6.75. The Bertz CT molecular complexity index is 645. The molecule has 6 nitrogen and oxygen atoms in total. The lowest BCUT2D eigenvalue weighted by Gasteiger charge is -2.20. The first-order valence-corrected chi connectivity index (χ1v) is 10.4. The van der Waals surface area contributed by atoms with Gasteiger partial charge >= 0.3 is 0 Å². The molecule has 2 aliphatic rings. The van der Waals surface area contributed by atoms with Gasteiger partial charge in [-0.25, -0.2) is 13.1 Å². The number of hydrogen-bond donors (Lipinski definition) is 1. The summed E-state index contributed by atoms with van der Waals surface area (Å²) in [5.41, 5.74) is 0. The van der Waals surface area contributed by atoms with Crippen molar-refractivity contribution in [1.82, 2.24) is 9.78 Å². The number of rotatable bonds is 3. The van der Waals surface area contributed by atoms with E-state index in [1.807, 2.05) is 0 Å². The molecule has 7 heteroatoms. The van der Waals surface area contributed by atoms with Crippen molar-refractivity contribution in [1.29, 1.82) is 0 Å². The van der Waals surface area contributed by atoms with Crippen LogP contribution in [-0.4, -0.2) is 35.6 Å². The van der Waals surface area contributed by atoms with Crippen LogP contribution in [0.1, 0.15) is 57.4 Å². The lowest BCUT2D eigenvalue weighted by Crippen LogP contribution is -2.26. The van der Waals surface area contributed by atoms with Crippen molar-refractivity contribution in [3.05, 3.63) is 12.3 Å². The fourth-order valence-corrected chi connectivity index (χ4v) is 5.31.